The van der Waals surface area contributed by atoms with Crippen molar-refractivity contribution < 1.29 is 4.74 Å². The van der Waals surface area contributed by atoms with Crippen molar-refractivity contribution in [1.29, 1.82) is 0 Å². The zero-order valence-electron chi connectivity index (χ0n) is 13.6. The minimum Gasteiger partial charge on any atom is -0.481 e. The molecule has 1 aromatic rings. The molecule has 0 aromatic carbocycles. The van der Waals surface area contributed by atoms with E-state index in [0.717, 1.165) is 24.6 Å². The zero-order valence-corrected chi connectivity index (χ0v) is 13.6. The molecule has 2 aliphatic rings. The van der Waals surface area contributed by atoms with Gasteiger partial charge < -0.3 is 15.0 Å². The molecule has 5 heteroatoms. The average Bonchev–Trinajstić information content (AvgIpc) is 2.97. The Morgan fingerprint density at radius 1 is 1.45 bits per heavy atom. The third-order valence-electron chi connectivity index (χ3n) is 4.91. The van der Waals surface area contributed by atoms with Gasteiger partial charge in [0.25, 0.3) is 0 Å². The van der Waals surface area contributed by atoms with Gasteiger partial charge in [-0.25, -0.2) is 9.98 Å². The van der Waals surface area contributed by atoms with E-state index in [4.69, 9.17) is 9.73 Å². The van der Waals surface area contributed by atoms with Gasteiger partial charge in [-0.3, -0.25) is 0 Å². The average molecular weight is 302 g/mol. The monoisotopic (exact) mass is 302 g/mol. The van der Waals surface area contributed by atoms with E-state index in [9.17, 15) is 0 Å². The molecule has 2 fully saturated rings. The minimum atomic E-state index is 0.593. The van der Waals surface area contributed by atoms with Crippen LogP contribution in [0.1, 0.15) is 38.2 Å². The van der Waals surface area contributed by atoms with Crippen LogP contribution in [0.3, 0.4) is 0 Å². The fourth-order valence-corrected chi connectivity index (χ4v) is 3.45. The number of hydrogen-bond acceptors (Lipinski definition) is 3. The number of nitrogens with zero attached hydrogens (tertiary/aromatic N) is 3. The highest BCUT2D eigenvalue weighted by molar-refractivity contribution is 5.80. The lowest BCUT2D eigenvalue weighted by atomic mass is 9.68. The van der Waals surface area contributed by atoms with Crippen molar-refractivity contribution in [3.8, 4) is 5.88 Å². The van der Waals surface area contributed by atoms with E-state index >= 15 is 0 Å². The molecule has 0 unspecified atom stereocenters. The molecule has 120 valence electrons. The van der Waals surface area contributed by atoms with E-state index in [1.165, 1.54) is 32.2 Å². The van der Waals surface area contributed by atoms with Crippen molar-refractivity contribution in [3.63, 3.8) is 0 Å². The highest BCUT2D eigenvalue weighted by atomic mass is 16.5. The molecule has 22 heavy (non-hydrogen) atoms. The number of guanidine groups is 1. The van der Waals surface area contributed by atoms with Crippen molar-refractivity contribution >= 4 is 5.96 Å². The molecule has 1 saturated carbocycles. The van der Waals surface area contributed by atoms with E-state index in [1.54, 1.807) is 13.3 Å². The first-order chi connectivity index (χ1) is 10.7. The largest absolute Gasteiger partial charge is 0.481 e. The summed E-state index contributed by atoms with van der Waals surface area (Å²) < 4.78 is 5.17. The SMILES string of the molecule is CCNC(=NCc1ccnc(OC)c1)N1CCC2(CCC2)C1. The summed E-state index contributed by atoms with van der Waals surface area (Å²) in [7, 11) is 1.64. The Morgan fingerprint density at radius 3 is 2.95 bits per heavy atom. The molecule has 0 atom stereocenters. The molecule has 0 amide bonds. The summed E-state index contributed by atoms with van der Waals surface area (Å²) in [6.07, 6.45) is 7.28. The molecule has 1 aliphatic heterocycles. The van der Waals surface area contributed by atoms with Crippen molar-refractivity contribution in [2.24, 2.45) is 10.4 Å². The van der Waals surface area contributed by atoms with E-state index in [2.05, 4.69) is 22.1 Å². The van der Waals surface area contributed by atoms with E-state index in [0.29, 0.717) is 17.8 Å². The molecule has 1 saturated heterocycles. The number of aliphatic imine (C=N–C) groups is 1. The van der Waals surface area contributed by atoms with Gasteiger partial charge >= 0.3 is 0 Å². The molecule has 3 rings (SSSR count). The van der Waals surface area contributed by atoms with Crippen LogP contribution in [0.2, 0.25) is 0 Å². The zero-order chi connectivity index (χ0) is 15.4. The fraction of sp³-hybridized carbons (Fsp3) is 0.647. The Hall–Kier alpha value is -1.78. The maximum atomic E-state index is 5.17. The number of aromatic nitrogens is 1. The number of nitrogens with one attached hydrogen (secondary N) is 1. The summed E-state index contributed by atoms with van der Waals surface area (Å²) in [4.78, 5) is 11.4. The normalized spacial score (nSPS) is 20.1. The Bertz CT molecular complexity index is 539. The quantitative estimate of drug-likeness (QED) is 0.685. The summed E-state index contributed by atoms with van der Waals surface area (Å²) in [5, 5.41) is 3.44. The lowest BCUT2D eigenvalue weighted by Crippen LogP contribution is -2.42. The number of pyridine rings is 1. The molecular weight excluding hydrogens is 276 g/mol. The van der Waals surface area contributed by atoms with Gasteiger partial charge in [0.15, 0.2) is 5.96 Å². The van der Waals surface area contributed by atoms with Crippen molar-refractivity contribution in [1.82, 2.24) is 15.2 Å². The Morgan fingerprint density at radius 2 is 2.32 bits per heavy atom. The number of likely N-dealkylation sites (tertiary alicyclic amines) is 1. The Labute approximate surface area is 132 Å². The van der Waals surface area contributed by atoms with Crippen LogP contribution in [0, 0.1) is 5.41 Å². The second kappa shape index (κ2) is 6.55. The smallest absolute Gasteiger partial charge is 0.213 e. The highest BCUT2D eigenvalue weighted by Crippen LogP contribution is 2.47. The maximum Gasteiger partial charge on any atom is 0.213 e. The van der Waals surface area contributed by atoms with Crippen LogP contribution >= 0.6 is 0 Å². The maximum absolute atomic E-state index is 5.17. The van der Waals surface area contributed by atoms with Crippen molar-refractivity contribution in [3.05, 3.63) is 23.9 Å². The van der Waals surface area contributed by atoms with E-state index < -0.39 is 0 Å². The molecule has 0 bridgehead atoms. The van der Waals surface area contributed by atoms with Crippen LogP contribution in [0.5, 0.6) is 5.88 Å². The molecule has 0 radical (unpaired) electrons. The van der Waals surface area contributed by atoms with Gasteiger partial charge in [0.05, 0.1) is 13.7 Å². The first-order valence-electron chi connectivity index (χ1n) is 8.27. The summed E-state index contributed by atoms with van der Waals surface area (Å²) >= 11 is 0. The van der Waals surface area contributed by atoms with E-state index in [-0.39, 0.29) is 0 Å². The summed E-state index contributed by atoms with van der Waals surface area (Å²) in [5.74, 6) is 1.69. The molecule has 1 N–H and O–H groups in total. The number of ether oxygens (including phenoxy) is 1. The predicted octanol–water partition coefficient (Wildman–Crippen LogP) is 2.43. The van der Waals surface area contributed by atoms with Gasteiger partial charge in [-0.15, -0.1) is 0 Å². The number of rotatable bonds is 4. The number of hydrogen-bond donors (Lipinski definition) is 1. The molecular formula is C17H26N4O. The van der Waals surface area contributed by atoms with Crippen LogP contribution in [0.4, 0.5) is 0 Å². The van der Waals surface area contributed by atoms with E-state index in [1.807, 2.05) is 12.1 Å². The number of methoxy groups -OCH3 is 1. The van der Waals surface area contributed by atoms with Gasteiger partial charge in [-0.05, 0) is 43.2 Å². The van der Waals surface area contributed by atoms with Crippen molar-refractivity contribution in [2.75, 3.05) is 26.7 Å². The Kier molecular flexibility index (Phi) is 4.50. The van der Waals surface area contributed by atoms with Gasteiger partial charge in [-0.2, -0.15) is 0 Å². The lowest BCUT2D eigenvalue weighted by molar-refractivity contribution is 0.151. The second-order valence-electron chi connectivity index (χ2n) is 6.40. The van der Waals surface area contributed by atoms with Gasteiger partial charge in [0.1, 0.15) is 0 Å². The van der Waals surface area contributed by atoms with Crippen molar-refractivity contribution in [2.45, 2.75) is 39.2 Å². The molecule has 1 spiro atoms. The standard InChI is InChI=1S/C17H26N4O/c1-3-18-16(21-10-8-17(13-21)6-4-7-17)20-12-14-5-9-19-15(11-14)22-2/h5,9,11H,3-4,6-8,10,12-13H2,1-2H3,(H,18,20). The molecule has 1 aliphatic carbocycles. The second-order valence-corrected chi connectivity index (χ2v) is 6.40. The van der Waals surface area contributed by atoms with Crippen LogP contribution in [-0.4, -0.2) is 42.6 Å². The molecule has 1 aromatic heterocycles. The topological polar surface area (TPSA) is 49.8 Å². The minimum absolute atomic E-state index is 0.593. The van der Waals surface area contributed by atoms with Gasteiger partial charge in [0.2, 0.25) is 5.88 Å². The fourth-order valence-electron chi connectivity index (χ4n) is 3.45. The third-order valence-corrected chi connectivity index (χ3v) is 4.91. The molecule has 5 nitrogen and oxygen atoms in total. The van der Waals surface area contributed by atoms with Crippen LogP contribution < -0.4 is 10.1 Å². The van der Waals surface area contributed by atoms with Crippen LogP contribution in [0.25, 0.3) is 0 Å². The summed E-state index contributed by atoms with van der Waals surface area (Å²) in [6, 6.07) is 3.94. The first kappa shape index (κ1) is 15.1. The third kappa shape index (κ3) is 3.18. The summed E-state index contributed by atoms with van der Waals surface area (Å²) in [6.45, 7) is 5.98. The van der Waals surface area contributed by atoms with Gasteiger partial charge in [0, 0.05) is 31.9 Å². The lowest BCUT2D eigenvalue weighted by Gasteiger charge is -2.38. The van der Waals surface area contributed by atoms with Crippen LogP contribution in [-0.2, 0) is 6.54 Å². The predicted molar refractivity (Wildman–Crippen MR) is 88.1 cm³/mol. The van der Waals surface area contributed by atoms with Crippen LogP contribution in [0.15, 0.2) is 23.3 Å². The van der Waals surface area contributed by atoms with Gasteiger partial charge in [-0.1, -0.05) is 6.42 Å². The highest BCUT2D eigenvalue weighted by Gasteiger charge is 2.43. The Balaban J connectivity index is 1.67. The molecule has 2 heterocycles. The summed E-state index contributed by atoms with van der Waals surface area (Å²) in [5.41, 5.74) is 1.72. The first-order valence-corrected chi connectivity index (χ1v) is 8.27.